The third-order valence-corrected chi connectivity index (χ3v) is 4.93. The summed E-state index contributed by atoms with van der Waals surface area (Å²) in [6, 6.07) is 6.22. The van der Waals surface area contributed by atoms with Gasteiger partial charge in [-0.15, -0.1) is 10.2 Å². The number of ether oxygens (including phenoxy) is 1. The van der Waals surface area contributed by atoms with Gasteiger partial charge in [0.15, 0.2) is 0 Å². The number of hydrogen-bond donors (Lipinski definition) is 1. The Morgan fingerprint density at radius 2 is 2.32 bits per heavy atom. The second-order valence-electron chi connectivity index (χ2n) is 6.49. The minimum absolute atomic E-state index is 0.108. The molecule has 1 aromatic carbocycles. The van der Waals surface area contributed by atoms with E-state index in [0.717, 1.165) is 37.4 Å². The quantitative estimate of drug-likeness (QED) is 0.839. The summed E-state index contributed by atoms with van der Waals surface area (Å²) in [5, 5.41) is 11.0. The monoisotopic (exact) mass is 342 g/mol. The van der Waals surface area contributed by atoms with Crippen molar-refractivity contribution < 1.29 is 9.53 Å². The molecule has 1 aliphatic rings. The maximum absolute atomic E-state index is 12.3. The maximum atomic E-state index is 12.3. The Labute approximate surface area is 148 Å². The fourth-order valence-electron chi connectivity index (χ4n) is 3.58. The maximum Gasteiger partial charge on any atom is 0.220 e. The van der Waals surface area contributed by atoms with E-state index in [9.17, 15) is 4.79 Å². The van der Waals surface area contributed by atoms with E-state index in [0.29, 0.717) is 25.3 Å². The van der Waals surface area contributed by atoms with Crippen LogP contribution < -0.4 is 10.1 Å². The number of amides is 1. The zero-order valence-corrected chi connectivity index (χ0v) is 15.0. The topological polar surface area (TPSA) is 69.0 Å². The number of carbonyl (C=O) groups is 1. The van der Waals surface area contributed by atoms with Crippen LogP contribution in [0.25, 0.3) is 0 Å². The third-order valence-electron chi connectivity index (χ3n) is 4.93. The van der Waals surface area contributed by atoms with Crippen molar-refractivity contribution in [3.05, 3.63) is 41.5 Å². The molecule has 1 aliphatic carbocycles. The van der Waals surface area contributed by atoms with Crippen LogP contribution in [0.4, 0.5) is 0 Å². The third kappa shape index (κ3) is 4.18. The summed E-state index contributed by atoms with van der Waals surface area (Å²) in [5.41, 5.74) is 2.62. The molecular formula is C19H26N4O2. The van der Waals surface area contributed by atoms with E-state index in [-0.39, 0.29) is 5.91 Å². The molecule has 0 aliphatic heterocycles. The first-order valence-electron chi connectivity index (χ1n) is 9.01. The van der Waals surface area contributed by atoms with Crippen LogP contribution in [0.1, 0.15) is 49.1 Å². The largest absolute Gasteiger partial charge is 0.497 e. The molecule has 2 aromatic rings. The SMILES string of the molecule is CCn1cnnc1CCNC(=O)C[C@@H]1CCCc2cc(OC)ccc21. The lowest BCUT2D eigenvalue weighted by Crippen LogP contribution is -2.28. The second kappa shape index (κ2) is 8.14. The average molecular weight is 342 g/mol. The Morgan fingerprint density at radius 3 is 3.12 bits per heavy atom. The predicted molar refractivity (Wildman–Crippen MR) is 95.7 cm³/mol. The number of methoxy groups -OCH3 is 1. The van der Waals surface area contributed by atoms with E-state index in [1.165, 1.54) is 11.1 Å². The number of rotatable bonds is 7. The van der Waals surface area contributed by atoms with E-state index in [1.54, 1.807) is 13.4 Å². The molecule has 0 saturated carbocycles. The van der Waals surface area contributed by atoms with Crippen LogP contribution in [0.5, 0.6) is 5.75 Å². The van der Waals surface area contributed by atoms with Crippen molar-refractivity contribution in [1.82, 2.24) is 20.1 Å². The summed E-state index contributed by atoms with van der Waals surface area (Å²) >= 11 is 0. The second-order valence-corrected chi connectivity index (χ2v) is 6.49. The van der Waals surface area contributed by atoms with Gasteiger partial charge in [-0.3, -0.25) is 4.79 Å². The van der Waals surface area contributed by atoms with Crippen LogP contribution in [-0.4, -0.2) is 34.3 Å². The van der Waals surface area contributed by atoms with Gasteiger partial charge in [-0.05, 0) is 55.4 Å². The van der Waals surface area contributed by atoms with Gasteiger partial charge in [0.25, 0.3) is 0 Å². The number of benzene rings is 1. The molecule has 6 heteroatoms. The Hall–Kier alpha value is -2.37. The Kier molecular flexibility index (Phi) is 5.68. The Balaban J connectivity index is 1.54. The minimum Gasteiger partial charge on any atom is -0.497 e. The van der Waals surface area contributed by atoms with Gasteiger partial charge in [-0.1, -0.05) is 6.07 Å². The van der Waals surface area contributed by atoms with E-state index in [2.05, 4.69) is 34.6 Å². The van der Waals surface area contributed by atoms with E-state index >= 15 is 0 Å². The number of aryl methyl sites for hydroxylation is 2. The number of carbonyl (C=O) groups excluding carboxylic acids is 1. The van der Waals surface area contributed by atoms with Crippen LogP contribution in [-0.2, 0) is 24.2 Å². The highest BCUT2D eigenvalue weighted by Gasteiger charge is 2.23. The lowest BCUT2D eigenvalue weighted by atomic mass is 9.81. The molecule has 0 spiro atoms. The van der Waals surface area contributed by atoms with Crippen LogP contribution in [0.2, 0.25) is 0 Å². The van der Waals surface area contributed by atoms with Gasteiger partial charge in [0.05, 0.1) is 7.11 Å². The molecule has 25 heavy (non-hydrogen) atoms. The average Bonchev–Trinajstić information content (AvgIpc) is 3.09. The number of aromatic nitrogens is 3. The van der Waals surface area contributed by atoms with Crippen molar-refractivity contribution in [2.75, 3.05) is 13.7 Å². The summed E-state index contributed by atoms with van der Waals surface area (Å²) in [5.74, 6) is 2.21. The van der Waals surface area contributed by atoms with E-state index in [1.807, 2.05) is 10.6 Å². The number of hydrogen-bond acceptors (Lipinski definition) is 4. The van der Waals surface area contributed by atoms with Gasteiger partial charge in [0.1, 0.15) is 17.9 Å². The first-order chi connectivity index (χ1) is 12.2. The standard InChI is InChI=1S/C19H26N4O2/c1-3-23-13-21-22-18(23)9-10-20-19(24)12-15-6-4-5-14-11-16(25-2)7-8-17(14)15/h7-8,11,13,15H,3-6,9-10,12H2,1-2H3,(H,20,24)/t15-/m0/s1. The molecule has 1 heterocycles. The fourth-order valence-corrected chi connectivity index (χ4v) is 3.58. The van der Waals surface area contributed by atoms with Crippen molar-refractivity contribution in [1.29, 1.82) is 0 Å². The van der Waals surface area contributed by atoms with Gasteiger partial charge in [-0.2, -0.15) is 0 Å². The molecular weight excluding hydrogens is 316 g/mol. The van der Waals surface area contributed by atoms with Crippen LogP contribution in [0.15, 0.2) is 24.5 Å². The lowest BCUT2D eigenvalue weighted by molar-refractivity contribution is -0.121. The molecule has 1 amide bonds. The first kappa shape index (κ1) is 17.5. The molecule has 134 valence electrons. The van der Waals surface area contributed by atoms with Crippen LogP contribution in [0.3, 0.4) is 0 Å². The van der Waals surface area contributed by atoms with Crippen molar-refractivity contribution >= 4 is 5.91 Å². The van der Waals surface area contributed by atoms with Crippen molar-refractivity contribution in [2.24, 2.45) is 0 Å². The normalized spacial score (nSPS) is 16.3. The zero-order chi connectivity index (χ0) is 17.6. The van der Waals surface area contributed by atoms with E-state index in [4.69, 9.17) is 4.74 Å². The fraction of sp³-hybridized carbons (Fsp3) is 0.526. The van der Waals surface area contributed by atoms with Gasteiger partial charge in [0, 0.05) is 25.9 Å². The lowest BCUT2D eigenvalue weighted by Gasteiger charge is -2.25. The first-order valence-corrected chi connectivity index (χ1v) is 9.01. The predicted octanol–water partition coefficient (Wildman–Crippen LogP) is 2.48. The summed E-state index contributed by atoms with van der Waals surface area (Å²) in [4.78, 5) is 12.3. The molecule has 1 aromatic heterocycles. The van der Waals surface area contributed by atoms with E-state index < -0.39 is 0 Å². The summed E-state index contributed by atoms with van der Waals surface area (Å²) in [7, 11) is 1.69. The molecule has 0 saturated heterocycles. The minimum atomic E-state index is 0.108. The molecule has 0 bridgehead atoms. The van der Waals surface area contributed by atoms with Gasteiger partial charge < -0.3 is 14.6 Å². The molecule has 1 N–H and O–H groups in total. The molecule has 3 rings (SSSR count). The Morgan fingerprint density at radius 1 is 1.44 bits per heavy atom. The highest BCUT2D eigenvalue weighted by molar-refractivity contribution is 5.77. The van der Waals surface area contributed by atoms with Crippen molar-refractivity contribution in [3.63, 3.8) is 0 Å². The molecule has 0 unspecified atom stereocenters. The molecule has 1 atom stereocenters. The number of fused-ring (bicyclic) bond motifs is 1. The van der Waals surface area contributed by atoms with Gasteiger partial charge in [0.2, 0.25) is 5.91 Å². The number of nitrogens with zero attached hydrogens (tertiary/aromatic N) is 3. The van der Waals surface area contributed by atoms with Crippen LogP contribution in [0, 0.1) is 0 Å². The van der Waals surface area contributed by atoms with Crippen molar-refractivity contribution in [2.45, 2.75) is 51.5 Å². The van der Waals surface area contributed by atoms with Crippen molar-refractivity contribution in [3.8, 4) is 5.75 Å². The summed E-state index contributed by atoms with van der Waals surface area (Å²) < 4.78 is 7.31. The summed E-state index contributed by atoms with van der Waals surface area (Å²) in [6.45, 7) is 3.50. The van der Waals surface area contributed by atoms with Gasteiger partial charge in [-0.25, -0.2) is 0 Å². The van der Waals surface area contributed by atoms with Crippen LogP contribution >= 0.6 is 0 Å². The van der Waals surface area contributed by atoms with Gasteiger partial charge >= 0.3 is 0 Å². The molecule has 6 nitrogen and oxygen atoms in total. The summed E-state index contributed by atoms with van der Waals surface area (Å²) in [6.07, 6.45) is 6.23. The smallest absolute Gasteiger partial charge is 0.220 e. The highest BCUT2D eigenvalue weighted by Crippen LogP contribution is 2.35. The zero-order valence-electron chi connectivity index (χ0n) is 15.0. The molecule has 0 radical (unpaired) electrons. The number of nitrogens with one attached hydrogen (secondary N) is 1. The molecule has 0 fully saturated rings. The highest BCUT2D eigenvalue weighted by atomic mass is 16.5. The Bertz CT molecular complexity index is 726.